The number of ether oxygens (including phenoxy) is 3. The van der Waals surface area contributed by atoms with E-state index in [4.69, 9.17) is 42.4 Å². The maximum absolute atomic E-state index is 15.6. The molecule has 2 N–H and O–H groups in total. The zero-order valence-corrected chi connectivity index (χ0v) is 32.4. The fourth-order valence-corrected chi connectivity index (χ4v) is 7.15. The van der Waals surface area contributed by atoms with E-state index in [9.17, 15) is 9.59 Å². The number of pyridine rings is 3. The summed E-state index contributed by atoms with van der Waals surface area (Å²) in [4.78, 5) is 42.4. The largest absolute Gasteiger partial charge is 0.481 e. The van der Waals surface area contributed by atoms with Gasteiger partial charge >= 0.3 is 6.09 Å². The molecule has 0 bridgehead atoms. The fraction of sp³-hybridized carbons (Fsp3) is 0.410. The molecular weight excluding hydrogens is 736 g/mol. The van der Waals surface area contributed by atoms with Crippen LogP contribution in [-0.4, -0.2) is 88.9 Å². The number of likely N-dealkylation sites (tertiary alicyclic amines) is 1. The molecule has 1 atom stereocenters. The average Bonchev–Trinajstić information content (AvgIpc) is 3.53. The second-order valence-electron chi connectivity index (χ2n) is 14.5. The van der Waals surface area contributed by atoms with E-state index in [2.05, 4.69) is 25.5 Å². The quantitative estimate of drug-likeness (QED) is 0.141. The molecule has 0 radical (unpaired) electrons. The third-order valence-corrected chi connectivity index (χ3v) is 9.93. The van der Waals surface area contributed by atoms with Gasteiger partial charge in [-0.05, 0) is 57.5 Å². The predicted molar refractivity (Wildman–Crippen MR) is 205 cm³/mol. The molecule has 15 heteroatoms. The van der Waals surface area contributed by atoms with Crippen molar-refractivity contribution in [2.45, 2.75) is 58.3 Å². The zero-order valence-electron chi connectivity index (χ0n) is 30.9. The van der Waals surface area contributed by atoms with E-state index < -0.39 is 17.5 Å². The van der Waals surface area contributed by atoms with Crippen LogP contribution in [0.3, 0.4) is 0 Å². The summed E-state index contributed by atoms with van der Waals surface area (Å²) in [7, 11) is 3.19. The van der Waals surface area contributed by atoms with Crippen LogP contribution in [0.4, 0.5) is 20.7 Å². The Morgan fingerprint density at radius 3 is 2.52 bits per heavy atom. The van der Waals surface area contributed by atoms with Gasteiger partial charge in [-0.15, -0.1) is 0 Å². The van der Waals surface area contributed by atoms with Crippen molar-refractivity contribution in [1.29, 1.82) is 0 Å². The molecular formula is C39H44Cl2FN7O5. The molecule has 6 rings (SSSR count). The lowest BCUT2D eigenvalue weighted by Gasteiger charge is -2.38. The minimum Gasteiger partial charge on any atom is -0.481 e. The van der Waals surface area contributed by atoms with Crippen LogP contribution in [0.15, 0.2) is 54.9 Å². The molecule has 0 saturated carbocycles. The summed E-state index contributed by atoms with van der Waals surface area (Å²) in [5.74, 6) is 0.307. The number of aromatic nitrogens is 3. The van der Waals surface area contributed by atoms with Crippen molar-refractivity contribution in [3.63, 3.8) is 0 Å². The molecule has 2 saturated heterocycles. The number of carbonyl (C=O) groups excluding carboxylic acids is 2. The monoisotopic (exact) mass is 779 g/mol. The maximum atomic E-state index is 15.6. The van der Waals surface area contributed by atoms with E-state index >= 15 is 4.39 Å². The zero-order chi connectivity index (χ0) is 38.6. The molecule has 0 spiro atoms. The van der Waals surface area contributed by atoms with Gasteiger partial charge in [0.15, 0.2) is 11.6 Å². The smallest absolute Gasteiger partial charge is 0.410 e. The molecule has 1 aromatic carbocycles. The van der Waals surface area contributed by atoms with Crippen LogP contribution in [0.25, 0.3) is 22.5 Å². The Labute approximate surface area is 324 Å². The molecule has 2 aliphatic rings. The lowest BCUT2D eigenvalue weighted by molar-refractivity contribution is -0.119. The number of halogens is 3. The first-order valence-electron chi connectivity index (χ1n) is 17.7. The Bertz CT molecular complexity index is 2010. The first-order valence-corrected chi connectivity index (χ1v) is 18.5. The highest BCUT2D eigenvalue weighted by atomic mass is 35.5. The Balaban J connectivity index is 1.23. The minimum absolute atomic E-state index is 0.0450. The van der Waals surface area contributed by atoms with Crippen molar-refractivity contribution in [3.05, 3.63) is 81.8 Å². The topological polar surface area (TPSA) is 131 Å². The number of carbonyl (C=O) groups is 2. The second kappa shape index (κ2) is 16.8. The van der Waals surface area contributed by atoms with Gasteiger partial charge in [-0.1, -0.05) is 35.3 Å². The summed E-state index contributed by atoms with van der Waals surface area (Å²) in [6, 6.07) is 12.1. The summed E-state index contributed by atoms with van der Waals surface area (Å²) in [5, 5.41) is 6.55. The Morgan fingerprint density at radius 1 is 1.04 bits per heavy atom. The first kappa shape index (κ1) is 39.1. The van der Waals surface area contributed by atoms with Gasteiger partial charge < -0.3 is 29.7 Å². The third kappa shape index (κ3) is 9.20. The highest BCUT2D eigenvalue weighted by Gasteiger charge is 2.30. The van der Waals surface area contributed by atoms with Crippen LogP contribution >= 0.6 is 23.2 Å². The molecule has 2 fully saturated rings. The van der Waals surface area contributed by atoms with Gasteiger partial charge in [0.2, 0.25) is 11.8 Å². The summed E-state index contributed by atoms with van der Waals surface area (Å²) in [5.41, 5.74) is 2.86. The molecule has 0 unspecified atom stereocenters. The SMILES string of the molecule is COCC1CN(Cc2ccnc(Nc3cccc(-c4nccc(-c5ccc(CN(C[C@@H]6CCC(=O)N6)C(=O)OC(C)(C)C)c(OC)n5)c4Cl)c3Cl)c2F)C1. The van der Waals surface area contributed by atoms with Gasteiger partial charge in [0.1, 0.15) is 5.60 Å². The Hall–Kier alpha value is -4.56. The second-order valence-corrected chi connectivity index (χ2v) is 15.2. The average molecular weight is 781 g/mol. The first-order chi connectivity index (χ1) is 25.8. The number of nitrogens with zero attached hydrogens (tertiary/aromatic N) is 5. The van der Waals surface area contributed by atoms with Crippen LogP contribution in [0, 0.1) is 11.7 Å². The van der Waals surface area contributed by atoms with Crippen molar-refractivity contribution < 1.29 is 28.2 Å². The standard InChI is InChI=1S/C39H44Cl2FN7O5/c1-39(2,3)54-38(51)49(21-26-10-12-31(50)45-26)20-25-9-11-29(47-37(25)53-5)27-14-16-43-35(33(27)41)28-7-6-8-30(32(28)40)46-36-34(42)24(13-15-44-36)19-48-17-23(18-48)22-52-4/h6-9,11,13-16,23,26H,10,12,17-22H2,1-5H3,(H,44,46)(H,45,50)/t26-/m0/s1. The van der Waals surface area contributed by atoms with Gasteiger partial charge in [-0.25, -0.2) is 19.2 Å². The van der Waals surface area contributed by atoms with E-state index in [0.717, 1.165) is 13.1 Å². The van der Waals surface area contributed by atoms with Crippen LogP contribution in [-0.2, 0) is 27.4 Å². The number of methoxy groups -OCH3 is 2. The minimum atomic E-state index is -0.713. The molecule has 3 aromatic heterocycles. The van der Waals surface area contributed by atoms with Crippen LogP contribution in [0.2, 0.25) is 10.0 Å². The molecule has 2 amide bonds. The normalized spacial score (nSPS) is 16.1. The molecule has 5 heterocycles. The van der Waals surface area contributed by atoms with Gasteiger partial charge in [0, 0.05) is 86.3 Å². The number of amides is 2. The third-order valence-electron chi connectivity index (χ3n) is 9.14. The molecule has 2 aliphatic heterocycles. The summed E-state index contributed by atoms with van der Waals surface area (Å²) in [6.45, 7) is 8.65. The summed E-state index contributed by atoms with van der Waals surface area (Å²) >= 11 is 14.0. The summed E-state index contributed by atoms with van der Waals surface area (Å²) in [6.07, 6.45) is 3.69. The predicted octanol–water partition coefficient (Wildman–Crippen LogP) is 7.50. The van der Waals surface area contributed by atoms with Crippen LogP contribution < -0.4 is 15.4 Å². The lowest BCUT2D eigenvalue weighted by atomic mass is 10.0. The maximum Gasteiger partial charge on any atom is 0.410 e. The molecule has 0 aliphatic carbocycles. The van der Waals surface area contributed by atoms with Crippen molar-refractivity contribution in [1.82, 2.24) is 30.1 Å². The number of nitrogens with one attached hydrogen (secondary N) is 2. The molecule has 4 aromatic rings. The van der Waals surface area contributed by atoms with Crippen LogP contribution in [0.5, 0.6) is 5.88 Å². The summed E-state index contributed by atoms with van der Waals surface area (Å²) < 4.78 is 32.2. The Kier molecular flexibility index (Phi) is 12.2. The van der Waals surface area contributed by atoms with Crippen molar-refractivity contribution in [2.24, 2.45) is 5.92 Å². The number of hydrogen-bond acceptors (Lipinski definition) is 10. The van der Waals surface area contributed by atoms with Crippen molar-refractivity contribution >= 4 is 46.7 Å². The number of hydrogen-bond donors (Lipinski definition) is 2. The van der Waals surface area contributed by atoms with E-state index in [0.29, 0.717) is 76.3 Å². The van der Waals surface area contributed by atoms with Gasteiger partial charge in [0.25, 0.3) is 0 Å². The highest BCUT2D eigenvalue weighted by Crippen LogP contribution is 2.41. The molecule has 12 nitrogen and oxygen atoms in total. The van der Waals surface area contributed by atoms with E-state index in [1.807, 2.05) is 6.07 Å². The van der Waals surface area contributed by atoms with Crippen LogP contribution in [0.1, 0.15) is 44.7 Å². The van der Waals surface area contributed by atoms with E-state index in [-0.39, 0.29) is 41.8 Å². The number of benzene rings is 1. The fourth-order valence-electron chi connectivity index (χ4n) is 6.58. The Morgan fingerprint density at radius 2 is 1.81 bits per heavy atom. The molecule has 286 valence electrons. The number of anilines is 2. The van der Waals surface area contributed by atoms with E-state index in [1.165, 1.54) is 7.11 Å². The highest BCUT2D eigenvalue weighted by molar-refractivity contribution is 6.39. The molecule has 54 heavy (non-hydrogen) atoms. The number of rotatable bonds is 13. The van der Waals surface area contributed by atoms with E-state index in [1.54, 1.807) is 81.6 Å². The lowest BCUT2D eigenvalue weighted by Crippen LogP contribution is -2.47. The van der Waals surface area contributed by atoms with Gasteiger partial charge in [0.05, 0.1) is 47.4 Å². The van der Waals surface area contributed by atoms with Gasteiger partial charge in [-0.2, -0.15) is 0 Å². The van der Waals surface area contributed by atoms with Gasteiger partial charge in [-0.3, -0.25) is 14.7 Å². The van der Waals surface area contributed by atoms with Crippen molar-refractivity contribution in [3.8, 4) is 28.4 Å². The van der Waals surface area contributed by atoms with Crippen molar-refractivity contribution in [2.75, 3.05) is 45.8 Å².